The fraction of sp³-hybridized carbons (Fsp3) is 0.182. The first-order valence-electron chi connectivity index (χ1n) is 4.76. The molecule has 90 valence electrons. The summed E-state index contributed by atoms with van der Waals surface area (Å²) >= 11 is 0. The molecule has 0 fully saturated rings. The molecule has 1 aromatic heterocycles. The van der Waals surface area contributed by atoms with Crippen molar-refractivity contribution in [3.8, 4) is 11.4 Å². The number of nitrogens with zero attached hydrogens (tertiary/aromatic N) is 2. The Kier molecular flexibility index (Phi) is 2.79. The lowest BCUT2D eigenvalue weighted by Gasteiger charge is -2.13. The Morgan fingerprint density at radius 2 is 2.06 bits per heavy atom. The van der Waals surface area contributed by atoms with Gasteiger partial charge in [0.1, 0.15) is 5.75 Å². The SMILES string of the molecule is COc1ccc(-n2ccnc2)cc1C(F)(F)F. The summed E-state index contributed by atoms with van der Waals surface area (Å²) in [5, 5.41) is 0. The highest BCUT2D eigenvalue weighted by Crippen LogP contribution is 2.37. The molecular formula is C11H9F3N2O. The highest BCUT2D eigenvalue weighted by Gasteiger charge is 2.34. The molecule has 0 atom stereocenters. The van der Waals surface area contributed by atoms with E-state index in [1.807, 2.05) is 0 Å². The second-order valence-electron chi connectivity index (χ2n) is 3.35. The van der Waals surface area contributed by atoms with Crippen molar-refractivity contribution in [1.29, 1.82) is 0 Å². The number of methoxy groups -OCH3 is 1. The molecule has 17 heavy (non-hydrogen) atoms. The van der Waals surface area contributed by atoms with Gasteiger partial charge >= 0.3 is 6.18 Å². The van der Waals surface area contributed by atoms with Gasteiger partial charge in [0.2, 0.25) is 0 Å². The van der Waals surface area contributed by atoms with Crippen LogP contribution in [0.4, 0.5) is 13.2 Å². The first-order valence-corrected chi connectivity index (χ1v) is 4.76. The molecular weight excluding hydrogens is 233 g/mol. The van der Waals surface area contributed by atoms with Gasteiger partial charge in [0.25, 0.3) is 0 Å². The fourth-order valence-corrected chi connectivity index (χ4v) is 1.49. The van der Waals surface area contributed by atoms with Gasteiger partial charge in [-0.25, -0.2) is 4.98 Å². The van der Waals surface area contributed by atoms with Gasteiger partial charge in [-0.3, -0.25) is 0 Å². The molecule has 1 aromatic carbocycles. The Labute approximate surface area is 95.5 Å². The second kappa shape index (κ2) is 4.12. The van der Waals surface area contributed by atoms with Crippen LogP contribution in [0.25, 0.3) is 5.69 Å². The molecule has 2 aromatic rings. The number of aromatic nitrogens is 2. The van der Waals surface area contributed by atoms with Crippen molar-refractivity contribution in [3.63, 3.8) is 0 Å². The zero-order chi connectivity index (χ0) is 12.5. The summed E-state index contributed by atoms with van der Waals surface area (Å²) in [5.41, 5.74) is -0.415. The summed E-state index contributed by atoms with van der Waals surface area (Å²) in [4.78, 5) is 3.78. The van der Waals surface area contributed by atoms with Crippen molar-refractivity contribution < 1.29 is 17.9 Å². The summed E-state index contributed by atoms with van der Waals surface area (Å²) in [6, 6.07) is 3.86. The molecule has 0 aliphatic rings. The van der Waals surface area contributed by atoms with E-state index in [0.29, 0.717) is 5.69 Å². The molecule has 1 heterocycles. The number of benzene rings is 1. The van der Waals surface area contributed by atoms with E-state index in [-0.39, 0.29) is 5.75 Å². The zero-order valence-corrected chi connectivity index (χ0v) is 8.90. The molecule has 6 heteroatoms. The Bertz CT molecular complexity index is 506. The van der Waals surface area contributed by atoms with Gasteiger partial charge in [-0.1, -0.05) is 0 Å². The average Bonchev–Trinajstić information content (AvgIpc) is 2.80. The highest BCUT2D eigenvalue weighted by atomic mass is 19.4. The minimum atomic E-state index is -4.44. The maximum absolute atomic E-state index is 12.8. The molecule has 0 amide bonds. The standard InChI is InChI=1S/C11H9F3N2O/c1-17-10-3-2-8(16-5-4-15-7-16)6-9(10)11(12,13)14/h2-7H,1H3. The topological polar surface area (TPSA) is 27.1 Å². The minimum absolute atomic E-state index is 0.193. The normalized spacial score (nSPS) is 11.5. The van der Waals surface area contributed by atoms with Crippen molar-refractivity contribution in [2.75, 3.05) is 7.11 Å². The summed E-state index contributed by atoms with van der Waals surface area (Å²) in [5.74, 6) is -0.193. The molecule has 0 spiro atoms. The third-order valence-corrected chi connectivity index (χ3v) is 2.29. The van der Waals surface area contributed by atoms with E-state index in [1.165, 1.54) is 36.3 Å². The van der Waals surface area contributed by atoms with Crippen molar-refractivity contribution in [3.05, 3.63) is 42.5 Å². The number of hydrogen-bond acceptors (Lipinski definition) is 2. The number of hydrogen-bond donors (Lipinski definition) is 0. The predicted octanol–water partition coefficient (Wildman–Crippen LogP) is 2.90. The highest BCUT2D eigenvalue weighted by molar-refractivity contribution is 5.45. The summed E-state index contributed by atoms with van der Waals surface area (Å²) < 4.78 is 44.5. The lowest BCUT2D eigenvalue weighted by molar-refractivity contribution is -0.138. The average molecular weight is 242 g/mol. The Morgan fingerprint density at radius 1 is 1.29 bits per heavy atom. The van der Waals surface area contributed by atoms with Crippen LogP contribution in [0, 0.1) is 0 Å². The fourth-order valence-electron chi connectivity index (χ4n) is 1.49. The van der Waals surface area contributed by atoms with Gasteiger partial charge in [0, 0.05) is 18.1 Å². The minimum Gasteiger partial charge on any atom is -0.496 e. The zero-order valence-electron chi connectivity index (χ0n) is 8.90. The lowest BCUT2D eigenvalue weighted by atomic mass is 10.1. The van der Waals surface area contributed by atoms with Crippen LogP contribution in [0.2, 0.25) is 0 Å². The molecule has 2 rings (SSSR count). The maximum atomic E-state index is 12.8. The summed E-state index contributed by atoms with van der Waals surface area (Å²) in [6.07, 6.45) is 0.0589. The predicted molar refractivity (Wildman–Crippen MR) is 55.1 cm³/mol. The third-order valence-electron chi connectivity index (χ3n) is 2.29. The van der Waals surface area contributed by atoms with Crippen molar-refractivity contribution in [2.24, 2.45) is 0 Å². The number of ether oxygens (including phenoxy) is 1. The second-order valence-corrected chi connectivity index (χ2v) is 3.35. The van der Waals surface area contributed by atoms with Crippen molar-refractivity contribution >= 4 is 0 Å². The van der Waals surface area contributed by atoms with Gasteiger partial charge < -0.3 is 9.30 Å². The number of alkyl halides is 3. The lowest BCUT2D eigenvalue weighted by Crippen LogP contribution is -2.08. The van der Waals surface area contributed by atoms with Crippen LogP contribution in [0.1, 0.15) is 5.56 Å². The smallest absolute Gasteiger partial charge is 0.420 e. The first kappa shape index (κ1) is 11.5. The summed E-state index contributed by atoms with van der Waals surface area (Å²) in [7, 11) is 1.21. The number of imidazole rings is 1. The number of rotatable bonds is 2. The van der Waals surface area contributed by atoms with E-state index in [2.05, 4.69) is 4.98 Å². The van der Waals surface area contributed by atoms with E-state index in [4.69, 9.17) is 4.74 Å². The van der Waals surface area contributed by atoms with Crippen LogP contribution >= 0.6 is 0 Å². The Morgan fingerprint density at radius 3 is 2.59 bits per heavy atom. The van der Waals surface area contributed by atoms with Gasteiger partial charge in [-0.2, -0.15) is 13.2 Å². The van der Waals surface area contributed by atoms with Gasteiger partial charge in [-0.05, 0) is 18.2 Å². The number of halogens is 3. The van der Waals surface area contributed by atoms with E-state index < -0.39 is 11.7 Å². The van der Waals surface area contributed by atoms with Crippen LogP contribution in [0.15, 0.2) is 36.9 Å². The Hall–Kier alpha value is -1.98. The first-order chi connectivity index (χ1) is 8.02. The van der Waals surface area contributed by atoms with Gasteiger partial charge in [-0.15, -0.1) is 0 Å². The van der Waals surface area contributed by atoms with Gasteiger partial charge in [0.05, 0.1) is 19.0 Å². The quantitative estimate of drug-likeness (QED) is 0.809. The largest absolute Gasteiger partial charge is 0.496 e. The van der Waals surface area contributed by atoms with Crippen molar-refractivity contribution in [1.82, 2.24) is 9.55 Å². The molecule has 0 aliphatic carbocycles. The van der Waals surface area contributed by atoms with E-state index in [0.717, 1.165) is 6.07 Å². The molecule has 0 aliphatic heterocycles. The molecule has 0 unspecified atom stereocenters. The monoisotopic (exact) mass is 242 g/mol. The molecule has 0 bridgehead atoms. The van der Waals surface area contributed by atoms with Crippen LogP contribution in [-0.2, 0) is 6.18 Å². The van der Waals surface area contributed by atoms with Crippen LogP contribution < -0.4 is 4.74 Å². The van der Waals surface area contributed by atoms with Crippen LogP contribution in [-0.4, -0.2) is 16.7 Å². The van der Waals surface area contributed by atoms with Crippen LogP contribution in [0.3, 0.4) is 0 Å². The molecule has 0 saturated heterocycles. The maximum Gasteiger partial charge on any atom is 0.420 e. The third kappa shape index (κ3) is 2.25. The van der Waals surface area contributed by atoms with E-state index in [1.54, 1.807) is 6.20 Å². The van der Waals surface area contributed by atoms with Gasteiger partial charge in [0.15, 0.2) is 0 Å². The van der Waals surface area contributed by atoms with Crippen molar-refractivity contribution in [2.45, 2.75) is 6.18 Å². The molecule has 0 radical (unpaired) electrons. The Balaban J connectivity index is 2.53. The summed E-state index contributed by atoms with van der Waals surface area (Å²) in [6.45, 7) is 0. The molecule has 0 saturated carbocycles. The van der Waals surface area contributed by atoms with Crippen LogP contribution in [0.5, 0.6) is 5.75 Å². The van der Waals surface area contributed by atoms with E-state index in [9.17, 15) is 13.2 Å². The molecule has 3 nitrogen and oxygen atoms in total. The van der Waals surface area contributed by atoms with E-state index >= 15 is 0 Å². The molecule has 0 N–H and O–H groups in total.